The van der Waals surface area contributed by atoms with Gasteiger partial charge < -0.3 is 0 Å². The largest absolute Gasteiger partial charge is 0.476 e. The third-order valence-corrected chi connectivity index (χ3v) is 19.8. The van der Waals surface area contributed by atoms with Crippen LogP contribution in [0.15, 0.2) is 0 Å². The molecule has 0 rings (SSSR count). The average molecular weight is 1110 g/mol. The molecule has 0 aliphatic rings. The average Bonchev–Trinajstić information content (AvgIpc) is 3.41. The molecule has 0 atom stereocenters. The Labute approximate surface area is 488 Å². The first-order valence-electron chi connectivity index (χ1n) is 36.4. The Hall–Kier alpha value is 0.110. The first-order chi connectivity index (χ1) is 37.7. The molecule has 0 N–H and O–H groups in total. The Morgan fingerprint density at radius 1 is 0.182 bits per heavy atom. The predicted molar refractivity (Wildman–Crippen MR) is 347 cm³/mol. The van der Waals surface area contributed by atoms with E-state index in [1.165, 1.54) is 270 Å². The van der Waals surface area contributed by atoms with Gasteiger partial charge in [0.05, 0.1) is 16.8 Å². The lowest BCUT2D eigenvalue weighted by Crippen LogP contribution is -2.40. The summed E-state index contributed by atoms with van der Waals surface area (Å²) in [5.74, 6) is 0. The van der Waals surface area contributed by atoms with Gasteiger partial charge in [0.25, 0.3) is 0 Å². The number of phosphoric acid groups is 1. The Morgan fingerprint density at radius 2 is 0.312 bits per heavy atom. The van der Waals surface area contributed by atoms with Gasteiger partial charge in [0.15, 0.2) is 0 Å². The molecule has 4 nitrogen and oxygen atoms in total. The maximum Gasteiger partial charge on any atom is 0.476 e. The van der Waals surface area contributed by atoms with E-state index in [2.05, 4.69) is 62.3 Å². The SMILES string of the molecule is CCCCCCCCCCC(CCC)(CCCCCCCCCC)OP(=O)(OC(CCC)(CCCCCCCCCC)CCCCCCCCCC)OC(CCC)(CCCCCCCCCC)CCCCCCCCCC. The van der Waals surface area contributed by atoms with Crippen molar-refractivity contribution in [1.29, 1.82) is 0 Å². The summed E-state index contributed by atoms with van der Waals surface area (Å²) >= 11 is 0. The smallest absolute Gasteiger partial charge is 0.280 e. The molecule has 0 saturated carbocycles. The summed E-state index contributed by atoms with van der Waals surface area (Å²) in [6.07, 6.45) is 74.0. The summed E-state index contributed by atoms with van der Waals surface area (Å²) in [6, 6.07) is 0. The van der Waals surface area contributed by atoms with Crippen LogP contribution in [0.2, 0.25) is 0 Å². The van der Waals surface area contributed by atoms with Crippen LogP contribution in [0.1, 0.15) is 448 Å². The van der Waals surface area contributed by atoms with E-state index in [1.54, 1.807) is 0 Å². The summed E-state index contributed by atoms with van der Waals surface area (Å²) in [6.45, 7) is 21.0. The zero-order valence-electron chi connectivity index (χ0n) is 55.0. The highest BCUT2D eigenvalue weighted by Gasteiger charge is 2.50. The fraction of sp³-hybridized carbons (Fsp3) is 1.00. The van der Waals surface area contributed by atoms with Crippen LogP contribution < -0.4 is 0 Å². The van der Waals surface area contributed by atoms with Crippen molar-refractivity contribution < 1.29 is 18.1 Å². The van der Waals surface area contributed by atoms with Crippen LogP contribution in [-0.2, 0) is 18.1 Å². The molecule has 0 aromatic carbocycles. The van der Waals surface area contributed by atoms with E-state index in [-0.39, 0.29) is 0 Å². The van der Waals surface area contributed by atoms with Crippen molar-refractivity contribution in [1.82, 2.24) is 0 Å². The molecule has 0 unspecified atom stereocenters. The minimum atomic E-state index is -4.12. The van der Waals surface area contributed by atoms with Gasteiger partial charge in [0.1, 0.15) is 0 Å². The molecule has 0 amide bonds. The Bertz CT molecular complexity index is 1000. The zero-order valence-corrected chi connectivity index (χ0v) is 55.9. The Morgan fingerprint density at radius 3 is 0.442 bits per heavy atom. The fourth-order valence-electron chi connectivity index (χ4n) is 13.2. The van der Waals surface area contributed by atoms with Crippen molar-refractivity contribution in [3.05, 3.63) is 0 Å². The van der Waals surface area contributed by atoms with Gasteiger partial charge in [-0.15, -0.1) is 0 Å². The normalized spacial score (nSPS) is 12.7. The zero-order chi connectivity index (χ0) is 56.5. The number of phosphoric ester groups is 1. The molecule has 0 aliphatic heterocycles. The van der Waals surface area contributed by atoms with Gasteiger partial charge in [0, 0.05) is 0 Å². The predicted octanol–water partition coefficient (Wildman–Crippen LogP) is 27.9. The van der Waals surface area contributed by atoms with Gasteiger partial charge in [-0.3, -0.25) is 13.6 Å². The standard InChI is InChI=1S/C72H147O4P/c1-10-19-25-31-37-43-49-55-64-70(61-16-7,65-56-50-44-38-32-26-20-11-2)74-77(73,75-71(62-17-8,66-57-51-45-39-33-27-21-12-3)67-58-52-46-40-34-28-22-13-4)76-72(63-18-9,68-59-53-47-41-35-29-23-14-5)69-60-54-48-42-36-30-24-15-6/h10-69H2,1-9H3. The van der Waals surface area contributed by atoms with Gasteiger partial charge in [-0.25, -0.2) is 4.57 Å². The van der Waals surface area contributed by atoms with Crippen molar-refractivity contribution in [2.45, 2.75) is 464 Å². The highest BCUT2D eigenvalue weighted by atomic mass is 31.2. The molecular weight excluding hydrogens is 960 g/mol. The van der Waals surface area contributed by atoms with Crippen LogP contribution in [-0.4, -0.2) is 16.8 Å². The topological polar surface area (TPSA) is 44.8 Å². The molecule has 0 heterocycles. The minimum Gasteiger partial charge on any atom is -0.280 e. The Balaban J connectivity index is 7.61. The molecule has 0 aliphatic carbocycles. The minimum absolute atomic E-state index is 0.501. The number of unbranched alkanes of at least 4 members (excludes halogenated alkanes) is 42. The molecule has 0 radical (unpaired) electrons. The third-order valence-electron chi connectivity index (χ3n) is 17.9. The lowest BCUT2D eigenvalue weighted by Gasteiger charge is -2.45. The van der Waals surface area contributed by atoms with Crippen molar-refractivity contribution in [2.24, 2.45) is 0 Å². The molecule has 0 bridgehead atoms. The quantitative estimate of drug-likeness (QED) is 0.0450. The van der Waals surface area contributed by atoms with Crippen molar-refractivity contribution in [3.8, 4) is 0 Å². The second kappa shape index (κ2) is 56.6. The van der Waals surface area contributed by atoms with E-state index in [4.69, 9.17) is 13.6 Å². The van der Waals surface area contributed by atoms with Crippen molar-refractivity contribution in [3.63, 3.8) is 0 Å². The summed E-state index contributed by atoms with van der Waals surface area (Å²) < 4.78 is 40.7. The van der Waals surface area contributed by atoms with Crippen LogP contribution in [0.5, 0.6) is 0 Å². The number of hydrogen-bond acceptors (Lipinski definition) is 4. The molecule has 0 aromatic rings. The van der Waals surface area contributed by atoms with Crippen LogP contribution in [0.3, 0.4) is 0 Å². The molecule has 5 heteroatoms. The maximum atomic E-state index is 17.2. The number of rotatable bonds is 66. The van der Waals surface area contributed by atoms with Crippen LogP contribution >= 0.6 is 7.82 Å². The molecule has 0 saturated heterocycles. The number of hydrogen-bond donors (Lipinski definition) is 0. The van der Waals surface area contributed by atoms with E-state index >= 15 is 4.57 Å². The van der Waals surface area contributed by atoms with E-state index in [9.17, 15) is 0 Å². The second-order valence-electron chi connectivity index (χ2n) is 25.9. The fourth-order valence-corrected chi connectivity index (χ4v) is 15.5. The molecular formula is C72H147O4P. The van der Waals surface area contributed by atoms with Gasteiger partial charge in [-0.2, -0.15) is 0 Å². The first-order valence-corrected chi connectivity index (χ1v) is 37.8. The highest BCUT2D eigenvalue weighted by Crippen LogP contribution is 2.63. The van der Waals surface area contributed by atoms with E-state index in [1.807, 2.05) is 0 Å². The summed E-state index contributed by atoms with van der Waals surface area (Å²) in [5, 5.41) is 0. The summed E-state index contributed by atoms with van der Waals surface area (Å²) in [4.78, 5) is 0. The molecule has 0 spiro atoms. The van der Waals surface area contributed by atoms with Gasteiger partial charge in [0.2, 0.25) is 0 Å². The third kappa shape index (κ3) is 45.3. The van der Waals surface area contributed by atoms with E-state index in [0.29, 0.717) is 0 Å². The van der Waals surface area contributed by atoms with Crippen molar-refractivity contribution >= 4 is 7.82 Å². The first kappa shape index (κ1) is 77.1. The molecule has 0 fully saturated rings. The van der Waals surface area contributed by atoms with Gasteiger partial charge in [-0.1, -0.05) is 390 Å². The lowest BCUT2D eigenvalue weighted by atomic mass is 9.86. The van der Waals surface area contributed by atoms with Gasteiger partial charge >= 0.3 is 7.82 Å². The highest BCUT2D eigenvalue weighted by molar-refractivity contribution is 7.48. The van der Waals surface area contributed by atoms with Gasteiger partial charge in [-0.05, 0) is 57.8 Å². The monoisotopic (exact) mass is 1110 g/mol. The summed E-state index contributed by atoms with van der Waals surface area (Å²) in [7, 11) is -4.12. The summed E-state index contributed by atoms with van der Waals surface area (Å²) in [5.41, 5.74) is -1.50. The van der Waals surface area contributed by atoms with Crippen molar-refractivity contribution in [2.75, 3.05) is 0 Å². The van der Waals surface area contributed by atoms with E-state index in [0.717, 1.165) is 116 Å². The molecule has 77 heavy (non-hydrogen) atoms. The van der Waals surface area contributed by atoms with Crippen LogP contribution in [0, 0.1) is 0 Å². The molecule has 464 valence electrons. The molecule has 0 aromatic heterocycles. The van der Waals surface area contributed by atoms with Crippen LogP contribution in [0.25, 0.3) is 0 Å². The second-order valence-corrected chi connectivity index (χ2v) is 27.3. The maximum absolute atomic E-state index is 17.2. The Kier molecular flexibility index (Phi) is 56.7. The van der Waals surface area contributed by atoms with E-state index < -0.39 is 24.6 Å². The lowest BCUT2D eigenvalue weighted by molar-refractivity contribution is -0.0900. The van der Waals surface area contributed by atoms with Crippen LogP contribution in [0.4, 0.5) is 0 Å².